The van der Waals surface area contributed by atoms with Gasteiger partial charge in [-0.15, -0.1) is 0 Å². The van der Waals surface area contributed by atoms with Crippen LogP contribution < -0.4 is 21.1 Å². The third-order valence-electron chi connectivity index (χ3n) is 5.87. The van der Waals surface area contributed by atoms with E-state index in [2.05, 4.69) is 15.6 Å². The minimum absolute atomic E-state index is 0.0965. The second-order valence-corrected chi connectivity index (χ2v) is 9.06. The molecular formula is C25H25Cl2FN4O2. The molecule has 0 spiro atoms. The van der Waals surface area contributed by atoms with Crippen LogP contribution >= 0.6 is 23.2 Å². The van der Waals surface area contributed by atoms with Gasteiger partial charge in [0, 0.05) is 34.5 Å². The number of hydrogen-bond donors (Lipinski definition) is 3. The van der Waals surface area contributed by atoms with E-state index >= 15 is 0 Å². The van der Waals surface area contributed by atoms with E-state index in [4.69, 9.17) is 33.7 Å². The number of aromatic nitrogens is 1. The zero-order chi connectivity index (χ0) is 24.2. The molecule has 4 rings (SSSR count). The molecule has 34 heavy (non-hydrogen) atoms. The van der Waals surface area contributed by atoms with Crippen LogP contribution in [0, 0.1) is 11.7 Å². The number of ether oxygens (including phenoxy) is 1. The number of halogens is 3. The van der Waals surface area contributed by atoms with Crippen molar-refractivity contribution < 1.29 is 13.9 Å². The average Bonchev–Trinajstić information content (AvgIpc) is 3.35. The molecule has 2 heterocycles. The largest absolute Gasteiger partial charge is 0.482 e. The van der Waals surface area contributed by atoms with Crippen molar-refractivity contribution in [2.75, 3.05) is 25.4 Å². The predicted octanol–water partition coefficient (Wildman–Crippen LogP) is 5.26. The molecule has 178 valence electrons. The highest BCUT2D eigenvalue weighted by atomic mass is 35.5. The molecule has 3 aromatic rings. The van der Waals surface area contributed by atoms with Gasteiger partial charge in [0.25, 0.3) is 5.91 Å². The van der Waals surface area contributed by atoms with Crippen molar-refractivity contribution in [2.45, 2.75) is 19.4 Å². The molecule has 0 aliphatic carbocycles. The van der Waals surface area contributed by atoms with Crippen LogP contribution in [0.15, 0.2) is 48.7 Å². The topological polar surface area (TPSA) is 89.3 Å². The van der Waals surface area contributed by atoms with Crippen molar-refractivity contribution in [1.82, 2.24) is 15.6 Å². The molecule has 2 aromatic carbocycles. The van der Waals surface area contributed by atoms with Gasteiger partial charge in [-0.1, -0.05) is 35.3 Å². The highest BCUT2D eigenvalue weighted by Gasteiger charge is 2.20. The summed E-state index contributed by atoms with van der Waals surface area (Å²) in [5.41, 5.74) is 8.51. The quantitative estimate of drug-likeness (QED) is 0.383. The first-order valence-corrected chi connectivity index (χ1v) is 11.7. The number of rotatable bonds is 7. The Morgan fingerprint density at radius 1 is 1.26 bits per heavy atom. The molecule has 0 saturated carbocycles. The van der Waals surface area contributed by atoms with E-state index in [1.807, 2.05) is 12.1 Å². The number of carbonyl (C=O) groups excluding carboxylic acids is 1. The van der Waals surface area contributed by atoms with Crippen LogP contribution in [-0.4, -0.2) is 30.5 Å². The molecule has 2 unspecified atom stereocenters. The lowest BCUT2D eigenvalue weighted by molar-refractivity contribution is 0.0948. The molecular weight excluding hydrogens is 478 g/mol. The first-order valence-electron chi connectivity index (χ1n) is 11.0. The summed E-state index contributed by atoms with van der Waals surface area (Å²) in [6.45, 7) is 4.29. The molecule has 9 heteroatoms. The minimum Gasteiger partial charge on any atom is -0.482 e. The number of nitrogens with one attached hydrogen (secondary N) is 2. The van der Waals surface area contributed by atoms with E-state index in [0.717, 1.165) is 30.6 Å². The summed E-state index contributed by atoms with van der Waals surface area (Å²) in [7, 11) is 0. The van der Waals surface area contributed by atoms with Gasteiger partial charge in [-0.25, -0.2) is 9.37 Å². The van der Waals surface area contributed by atoms with Crippen molar-refractivity contribution >= 4 is 34.9 Å². The Balaban J connectivity index is 1.48. The first-order chi connectivity index (χ1) is 16.3. The van der Waals surface area contributed by atoms with E-state index in [1.165, 1.54) is 12.1 Å². The number of hydrogen-bond acceptors (Lipinski definition) is 5. The average molecular weight is 503 g/mol. The number of nitrogen functional groups attached to an aromatic ring is 1. The summed E-state index contributed by atoms with van der Waals surface area (Å²) in [5.74, 6) is 0.281. The van der Waals surface area contributed by atoms with Gasteiger partial charge in [0.2, 0.25) is 0 Å². The van der Waals surface area contributed by atoms with Gasteiger partial charge >= 0.3 is 0 Å². The van der Waals surface area contributed by atoms with E-state index < -0.39 is 11.9 Å². The molecule has 0 radical (unpaired) electrons. The second kappa shape index (κ2) is 10.6. The molecule has 1 amide bonds. The number of amides is 1. The molecule has 1 aromatic heterocycles. The first kappa shape index (κ1) is 24.3. The van der Waals surface area contributed by atoms with Crippen molar-refractivity contribution in [3.8, 4) is 16.9 Å². The standard InChI is InChI=1S/C25H25Cl2FN4O2/c1-14(22-19(26)6-7-20(28)23(22)27)34-21-10-18(13-31-24(21)29)16-2-4-17(5-3-16)25(33)32-12-15-8-9-30-11-15/h2-7,10,13-15,30H,8-9,11-12H2,1H3,(H2,29,31)(H,32,33). The Bertz CT molecular complexity index is 1180. The van der Waals surface area contributed by atoms with Crippen LogP contribution in [0.4, 0.5) is 10.2 Å². The van der Waals surface area contributed by atoms with E-state index in [9.17, 15) is 9.18 Å². The summed E-state index contributed by atoms with van der Waals surface area (Å²) in [5, 5.41) is 6.48. The summed E-state index contributed by atoms with van der Waals surface area (Å²) >= 11 is 12.3. The van der Waals surface area contributed by atoms with Gasteiger partial charge < -0.3 is 21.1 Å². The Kier molecular flexibility index (Phi) is 7.56. The van der Waals surface area contributed by atoms with Gasteiger partial charge in [0.05, 0.1) is 5.02 Å². The summed E-state index contributed by atoms with van der Waals surface area (Å²) in [6, 6.07) is 11.6. The second-order valence-electron chi connectivity index (χ2n) is 8.27. The summed E-state index contributed by atoms with van der Waals surface area (Å²) < 4.78 is 19.9. The minimum atomic E-state index is -0.670. The molecule has 6 nitrogen and oxygen atoms in total. The highest BCUT2D eigenvalue weighted by Crippen LogP contribution is 2.37. The van der Waals surface area contributed by atoms with Crippen molar-refractivity contribution in [3.63, 3.8) is 0 Å². The maximum absolute atomic E-state index is 13.9. The molecule has 1 fully saturated rings. The number of carbonyl (C=O) groups is 1. The molecule has 1 aliphatic rings. The normalized spacial score (nSPS) is 16.3. The number of nitrogens with two attached hydrogens (primary N) is 1. The SMILES string of the molecule is CC(Oc1cc(-c2ccc(C(=O)NCC3CCNC3)cc2)cnc1N)c1c(Cl)ccc(F)c1Cl. The fourth-order valence-corrected chi connectivity index (χ4v) is 4.59. The zero-order valence-electron chi connectivity index (χ0n) is 18.6. The maximum atomic E-state index is 13.9. The van der Waals surface area contributed by atoms with Gasteiger partial charge in [0.1, 0.15) is 11.9 Å². The van der Waals surface area contributed by atoms with Gasteiger partial charge in [-0.2, -0.15) is 0 Å². The van der Waals surface area contributed by atoms with Crippen molar-refractivity contribution in [1.29, 1.82) is 0 Å². The Labute approximate surface area is 207 Å². The van der Waals surface area contributed by atoms with Crippen LogP contribution in [0.1, 0.15) is 35.4 Å². The third kappa shape index (κ3) is 5.43. The van der Waals surface area contributed by atoms with Gasteiger partial charge in [0.15, 0.2) is 11.6 Å². The fourth-order valence-electron chi connectivity index (χ4n) is 3.91. The highest BCUT2D eigenvalue weighted by molar-refractivity contribution is 6.36. The van der Waals surface area contributed by atoms with Crippen LogP contribution in [0.5, 0.6) is 5.75 Å². The number of anilines is 1. The molecule has 0 bridgehead atoms. The fraction of sp³-hybridized carbons (Fsp3) is 0.280. The summed E-state index contributed by atoms with van der Waals surface area (Å²) in [6.07, 6.45) is 2.03. The van der Waals surface area contributed by atoms with Gasteiger partial charge in [-0.3, -0.25) is 4.79 Å². The number of benzene rings is 2. The lowest BCUT2D eigenvalue weighted by atomic mass is 10.0. The van der Waals surface area contributed by atoms with E-state index in [1.54, 1.807) is 31.3 Å². The summed E-state index contributed by atoms with van der Waals surface area (Å²) in [4.78, 5) is 16.7. The van der Waals surface area contributed by atoms with Crippen molar-refractivity contribution in [3.05, 3.63) is 75.7 Å². The lowest BCUT2D eigenvalue weighted by Gasteiger charge is -2.19. The molecule has 4 N–H and O–H groups in total. The van der Waals surface area contributed by atoms with Crippen LogP contribution in [0.3, 0.4) is 0 Å². The maximum Gasteiger partial charge on any atom is 0.251 e. The zero-order valence-corrected chi connectivity index (χ0v) is 20.1. The molecule has 2 atom stereocenters. The lowest BCUT2D eigenvalue weighted by Crippen LogP contribution is -2.30. The Hall–Kier alpha value is -2.87. The Morgan fingerprint density at radius 3 is 2.74 bits per heavy atom. The van der Waals surface area contributed by atoms with Crippen molar-refractivity contribution in [2.24, 2.45) is 5.92 Å². The monoisotopic (exact) mass is 502 g/mol. The molecule has 1 saturated heterocycles. The Morgan fingerprint density at radius 2 is 2.03 bits per heavy atom. The molecule has 1 aliphatic heterocycles. The number of pyridine rings is 1. The number of nitrogens with zero attached hydrogens (tertiary/aromatic N) is 1. The van der Waals surface area contributed by atoms with E-state index in [0.29, 0.717) is 34.4 Å². The predicted molar refractivity (Wildman–Crippen MR) is 133 cm³/mol. The smallest absolute Gasteiger partial charge is 0.251 e. The van der Waals surface area contributed by atoms with Gasteiger partial charge in [-0.05, 0) is 68.2 Å². The van der Waals surface area contributed by atoms with E-state index in [-0.39, 0.29) is 16.7 Å². The third-order valence-corrected chi connectivity index (χ3v) is 6.58. The van der Waals surface area contributed by atoms with Crippen LogP contribution in [0.25, 0.3) is 11.1 Å². The van der Waals surface area contributed by atoms with Crippen LogP contribution in [-0.2, 0) is 0 Å². The van der Waals surface area contributed by atoms with Crippen LogP contribution in [0.2, 0.25) is 10.0 Å².